The minimum Gasteiger partial charge on any atom is -0.310 e. The molecule has 1 aliphatic carbocycles. The lowest BCUT2D eigenvalue weighted by molar-refractivity contribution is 0.654. The Hall–Kier alpha value is -10.7. The van der Waals surface area contributed by atoms with Crippen LogP contribution in [-0.2, 0) is 5.41 Å². The first-order valence-electron chi connectivity index (χ1n) is 29.0. The predicted molar refractivity (Wildman–Crippen MR) is 359 cm³/mol. The molecule has 1 aliphatic rings. The fourth-order valence-electron chi connectivity index (χ4n) is 13.4. The molecule has 0 saturated carbocycles. The molecule has 0 amide bonds. The zero-order valence-corrected chi connectivity index (χ0v) is 47.0. The molecule has 398 valence electrons. The molecule has 0 bridgehead atoms. The summed E-state index contributed by atoms with van der Waals surface area (Å²) in [6, 6.07) is 105. The number of nitrogens with zero attached hydrogens (tertiary/aromatic N) is 3. The van der Waals surface area contributed by atoms with E-state index in [0.29, 0.717) is 0 Å². The second-order valence-corrected chi connectivity index (χ2v) is 22.6. The van der Waals surface area contributed by atoms with Gasteiger partial charge in [0.05, 0.1) is 11.0 Å². The summed E-state index contributed by atoms with van der Waals surface area (Å²) in [7, 11) is 0. The van der Waals surface area contributed by atoms with Crippen molar-refractivity contribution in [2.75, 3.05) is 9.80 Å². The summed E-state index contributed by atoms with van der Waals surface area (Å²) in [6.07, 6.45) is 3.98. The minimum atomic E-state index is -0.219. The van der Waals surface area contributed by atoms with Crippen LogP contribution in [0.2, 0.25) is 0 Å². The Labute approximate surface area is 490 Å². The highest BCUT2D eigenvalue weighted by molar-refractivity contribution is 6.26. The lowest BCUT2D eigenvalue weighted by atomic mass is 9.81. The molecule has 15 rings (SSSR count). The van der Waals surface area contributed by atoms with E-state index in [-0.39, 0.29) is 5.41 Å². The fourth-order valence-corrected chi connectivity index (χ4v) is 13.4. The maximum absolute atomic E-state index is 4.21. The molecule has 0 aliphatic heterocycles. The van der Waals surface area contributed by atoms with E-state index < -0.39 is 0 Å². The van der Waals surface area contributed by atoms with E-state index in [1.54, 1.807) is 0 Å². The van der Waals surface area contributed by atoms with Crippen LogP contribution in [0.1, 0.15) is 25.0 Å². The van der Waals surface area contributed by atoms with Gasteiger partial charge in [-0.3, -0.25) is 0 Å². The third-order valence-electron chi connectivity index (χ3n) is 17.5. The van der Waals surface area contributed by atoms with E-state index in [1.807, 2.05) is 12.2 Å². The zero-order valence-electron chi connectivity index (χ0n) is 47.0. The number of aromatic nitrogens is 1. The highest BCUT2D eigenvalue weighted by atomic mass is 15.1. The van der Waals surface area contributed by atoms with Crippen molar-refractivity contribution in [3.05, 3.63) is 327 Å². The van der Waals surface area contributed by atoms with Crippen LogP contribution in [0, 0.1) is 0 Å². The van der Waals surface area contributed by atoms with E-state index in [4.69, 9.17) is 0 Å². The molecule has 1 aromatic heterocycles. The first-order valence-corrected chi connectivity index (χ1v) is 29.0. The molecular formula is C81H59N3. The molecule has 0 atom stereocenters. The van der Waals surface area contributed by atoms with E-state index in [0.717, 1.165) is 67.5 Å². The second kappa shape index (κ2) is 20.4. The van der Waals surface area contributed by atoms with Crippen LogP contribution in [0.5, 0.6) is 0 Å². The normalized spacial score (nSPS) is 12.8. The smallest absolute Gasteiger partial charge is 0.0542 e. The number of hydrogen-bond acceptors (Lipinski definition) is 2. The van der Waals surface area contributed by atoms with Gasteiger partial charge >= 0.3 is 0 Å². The number of para-hydroxylation sites is 1. The van der Waals surface area contributed by atoms with Crippen molar-refractivity contribution in [1.82, 2.24) is 4.57 Å². The summed E-state index contributed by atoms with van der Waals surface area (Å²) in [5.74, 6) is 0. The first-order chi connectivity index (χ1) is 41.3. The van der Waals surface area contributed by atoms with Gasteiger partial charge in [0.25, 0.3) is 0 Å². The summed E-state index contributed by atoms with van der Waals surface area (Å²) < 4.78 is 2.47. The lowest BCUT2D eigenvalue weighted by Crippen LogP contribution is -2.17. The third-order valence-corrected chi connectivity index (χ3v) is 17.5. The van der Waals surface area contributed by atoms with Crippen LogP contribution in [0.25, 0.3) is 98.8 Å². The van der Waals surface area contributed by atoms with Gasteiger partial charge in [0.2, 0.25) is 0 Å². The lowest BCUT2D eigenvalue weighted by Gasteiger charge is -2.28. The average Bonchev–Trinajstić information content (AvgIpc) is 1.88. The van der Waals surface area contributed by atoms with Gasteiger partial charge < -0.3 is 14.4 Å². The number of benzene rings is 13. The molecule has 0 N–H and O–H groups in total. The van der Waals surface area contributed by atoms with Gasteiger partial charge in [-0.05, 0) is 191 Å². The topological polar surface area (TPSA) is 11.4 Å². The second-order valence-electron chi connectivity index (χ2n) is 22.6. The molecule has 0 unspecified atom stereocenters. The first kappa shape index (κ1) is 50.2. The van der Waals surface area contributed by atoms with Crippen molar-refractivity contribution in [2.45, 2.75) is 19.3 Å². The predicted octanol–water partition coefficient (Wildman–Crippen LogP) is 22.6. The average molecular weight is 1070 g/mol. The Morgan fingerprint density at radius 2 is 0.702 bits per heavy atom. The fraction of sp³-hybridized carbons (Fsp3) is 0.0370. The van der Waals surface area contributed by atoms with Crippen molar-refractivity contribution in [3.63, 3.8) is 0 Å². The summed E-state index contributed by atoms with van der Waals surface area (Å²) in [5.41, 5.74) is 21.5. The highest BCUT2D eigenvalue weighted by Gasteiger charge is 2.36. The number of allylic oxidation sites excluding steroid dienone is 4. The van der Waals surface area contributed by atoms with Gasteiger partial charge in [-0.15, -0.1) is 0 Å². The monoisotopic (exact) mass is 1070 g/mol. The van der Waals surface area contributed by atoms with E-state index >= 15 is 0 Å². The van der Waals surface area contributed by atoms with Crippen LogP contribution in [0.4, 0.5) is 34.1 Å². The molecule has 3 nitrogen and oxygen atoms in total. The van der Waals surface area contributed by atoms with Crippen molar-refractivity contribution in [1.29, 1.82) is 0 Å². The molecule has 0 fully saturated rings. The Morgan fingerprint density at radius 1 is 0.310 bits per heavy atom. The number of rotatable bonds is 12. The molecule has 0 spiro atoms. The van der Waals surface area contributed by atoms with Gasteiger partial charge in [0.15, 0.2) is 0 Å². The van der Waals surface area contributed by atoms with Crippen LogP contribution >= 0.6 is 0 Å². The number of hydrogen-bond donors (Lipinski definition) is 0. The van der Waals surface area contributed by atoms with Crippen LogP contribution in [0.15, 0.2) is 316 Å². The van der Waals surface area contributed by atoms with Gasteiger partial charge in [0, 0.05) is 56.0 Å². The molecule has 3 heteroatoms. The Morgan fingerprint density at radius 3 is 1.23 bits per heavy atom. The molecule has 84 heavy (non-hydrogen) atoms. The summed E-state index contributed by atoms with van der Waals surface area (Å²) in [5, 5.41) is 9.88. The van der Waals surface area contributed by atoms with Crippen molar-refractivity contribution >= 4 is 93.8 Å². The largest absolute Gasteiger partial charge is 0.310 e. The van der Waals surface area contributed by atoms with Gasteiger partial charge in [-0.1, -0.05) is 221 Å². The Kier molecular flexibility index (Phi) is 12.2. The molecule has 0 saturated heterocycles. The van der Waals surface area contributed by atoms with Crippen LogP contribution in [0.3, 0.4) is 0 Å². The molecule has 14 aromatic rings. The van der Waals surface area contributed by atoms with Gasteiger partial charge in [-0.2, -0.15) is 0 Å². The van der Waals surface area contributed by atoms with Gasteiger partial charge in [0.1, 0.15) is 0 Å². The SMILES string of the molecule is C=CC1=C(C=C)C(C)(C)c2cc(N(c3ccccc3)c3ccc(-c4ccc5c(c4)c4cc(N(c6ccc(-c7ccccc7)cc6)c6ccc(-c7ccccc7)cc6)ccc4n5-c4ccc5c6ccccc6c6ccccc6c5c4)cc3)ccc21. The quantitative estimate of drug-likeness (QED) is 0.113. The van der Waals surface area contributed by atoms with Crippen molar-refractivity contribution in [3.8, 4) is 39.1 Å². The van der Waals surface area contributed by atoms with Crippen LogP contribution < -0.4 is 9.80 Å². The molecule has 13 aromatic carbocycles. The van der Waals surface area contributed by atoms with Crippen LogP contribution in [-0.4, -0.2) is 4.57 Å². The van der Waals surface area contributed by atoms with E-state index in [1.165, 1.54) is 82.0 Å². The van der Waals surface area contributed by atoms with Crippen molar-refractivity contribution in [2.24, 2.45) is 0 Å². The van der Waals surface area contributed by atoms with Gasteiger partial charge in [-0.25, -0.2) is 0 Å². The molecule has 0 radical (unpaired) electrons. The molecule has 1 heterocycles. The highest BCUT2D eigenvalue weighted by Crippen LogP contribution is 2.50. The Bertz CT molecular complexity index is 4800. The summed E-state index contributed by atoms with van der Waals surface area (Å²) >= 11 is 0. The summed E-state index contributed by atoms with van der Waals surface area (Å²) in [4.78, 5) is 4.76. The van der Waals surface area contributed by atoms with Crippen molar-refractivity contribution < 1.29 is 0 Å². The maximum atomic E-state index is 4.21. The maximum Gasteiger partial charge on any atom is 0.0542 e. The standard InChI is InChI=1S/C81H59N3/c1-5-67-73-47-44-66(53-78(73)81(3,4)77(67)6-2)82(60-24-14-9-15-25-60)61-41-34-58(35-42-61)59-36-48-79-75(50-59)76-52-64(45-49-80(76)84(79)65-43-46-72-70-28-17-16-26-68(70)69-27-18-19-29-71(69)74(72)51-65)83(62-37-30-56(31-38-62)54-20-10-7-11-21-54)63-39-32-57(33-40-63)55-22-12-8-13-23-55/h5-53H,1-2H2,3-4H3. The minimum absolute atomic E-state index is 0.219. The summed E-state index contributed by atoms with van der Waals surface area (Å²) in [6.45, 7) is 13.0. The number of fused-ring (bicyclic) bond motifs is 10. The Balaban J connectivity index is 0.896. The molecular weight excluding hydrogens is 1010 g/mol. The number of anilines is 6. The van der Waals surface area contributed by atoms with E-state index in [2.05, 4.69) is 326 Å². The zero-order chi connectivity index (χ0) is 56.5. The third kappa shape index (κ3) is 8.35. The van der Waals surface area contributed by atoms with E-state index in [9.17, 15) is 0 Å².